The van der Waals surface area contributed by atoms with Crippen LogP contribution in [0.2, 0.25) is 0 Å². The van der Waals surface area contributed by atoms with Crippen LogP contribution in [0.15, 0.2) is 18.2 Å². The Labute approximate surface area is 98.8 Å². The fraction of sp³-hybridized carbons (Fsp3) is 0.417. The molecule has 0 saturated heterocycles. The summed E-state index contributed by atoms with van der Waals surface area (Å²) in [6.07, 6.45) is 0.960. The van der Waals surface area contributed by atoms with Crippen LogP contribution in [-0.2, 0) is 10.1 Å². The molecule has 2 nitrogen and oxygen atoms in total. The van der Waals surface area contributed by atoms with Gasteiger partial charge in [-0.05, 0) is 30.2 Å². The molecule has 3 heteroatoms. The molecule has 82 valence electrons. The molecule has 0 heterocycles. The largest absolute Gasteiger partial charge is 0.494 e. The number of ether oxygens (including phenoxy) is 1. The first-order chi connectivity index (χ1) is 7.22. The van der Waals surface area contributed by atoms with Gasteiger partial charge in [-0.2, -0.15) is 0 Å². The number of halogens is 1. The van der Waals surface area contributed by atoms with Gasteiger partial charge in [0, 0.05) is 11.2 Å². The second kappa shape index (κ2) is 5.91. The molecule has 0 amide bonds. The predicted octanol–water partition coefficient (Wildman–Crippen LogP) is 3.28. The highest BCUT2D eigenvalue weighted by Gasteiger charge is 2.09. The lowest BCUT2D eigenvalue weighted by Crippen LogP contribution is -2.00. The summed E-state index contributed by atoms with van der Waals surface area (Å²) in [6.45, 7) is 4.51. The third kappa shape index (κ3) is 3.06. The van der Waals surface area contributed by atoms with E-state index in [1.807, 2.05) is 32.0 Å². The van der Waals surface area contributed by atoms with Crippen molar-refractivity contribution in [3.8, 4) is 5.75 Å². The van der Waals surface area contributed by atoms with Gasteiger partial charge in [-0.15, -0.1) is 0 Å². The molecule has 0 aliphatic carbocycles. The summed E-state index contributed by atoms with van der Waals surface area (Å²) in [4.78, 5) is 10.7. The molecule has 1 atom stereocenters. The molecule has 1 aromatic carbocycles. The zero-order valence-corrected chi connectivity index (χ0v) is 10.6. The van der Waals surface area contributed by atoms with Gasteiger partial charge in [-0.1, -0.05) is 28.9 Å². The number of carbonyl (C=O) groups excluding carboxylic acids is 1. The Morgan fingerprint density at radius 1 is 1.53 bits per heavy atom. The van der Waals surface area contributed by atoms with Gasteiger partial charge in [0.25, 0.3) is 0 Å². The van der Waals surface area contributed by atoms with Crippen LogP contribution in [0, 0.1) is 0 Å². The van der Waals surface area contributed by atoms with E-state index in [2.05, 4.69) is 15.9 Å². The number of hydrogen-bond acceptors (Lipinski definition) is 2. The fourth-order valence-electron chi connectivity index (χ4n) is 1.47. The zero-order chi connectivity index (χ0) is 11.3. The van der Waals surface area contributed by atoms with Gasteiger partial charge in [0.05, 0.1) is 6.61 Å². The molecule has 0 fully saturated rings. The molecule has 0 aromatic heterocycles. The average Bonchev–Trinajstić information content (AvgIpc) is 2.28. The topological polar surface area (TPSA) is 26.3 Å². The Balaban J connectivity index is 3.03. The summed E-state index contributed by atoms with van der Waals surface area (Å²) < 4.78 is 5.41. The molecule has 0 aliphatic heterocycles. The smallest absolute Gasteiger partial charge is 0.127 e. The lowest BCUT2D eigenvalue weighted by Gasteiger charge is -2.12. The first kappa shape index (κ1) is 12.2. The minimum Gasteiger partial charge on any atom is -0.494 e. The first-order valence-electron chi connectivity index (χ1n) is 4.99. The van der Waals surface area contributed by atoms with E-state index in [1.54, 1.807) is 0 Å². The molecule has 0 radical (unpaired) electrons. The van der Waals surface area contributed by atoms with Crippen LogP contribution in [0.1, 0.15) is 30.9 Å². The number of rotatable bonds is 5. The summed E-state index contributed by atoms with van der Waals surface area (Å²) in [5.74, 6) is 0.794. The highest BCUT2D eigenvalue weighted by atomic mass is 79.9. The standard InChI is InChI=1S/C12H15BrO2/c1-3-15-11-4-5-12(9(2)8-14)10(6-11)7-13/h4-6,8-9H,3,7H2,1-2H3. The summed E-state index contributed by atoms with van der Waals surface area (Å²) in [6, 6.07) is 5.85. The highest BCUT2D eigenvalue weighted by Crippen LogP contribution is 2.25. The van der Waals surface area contributed by atoms with Crippen LogP contribution in [-0.4, -0.2) is 12.9 Å². The van der Waals surface area contributed by atoms with E-state index in [0.29, 0.717) is 6.61 Å². The number of benzene rings is 1. The van der Waals surface area contributed by atoms with Gasteiger partial charge in [0.2, 0.25) is 0 Å². The van der Waals surface area contributed by atoms with Gasteiger partial charge in [0.15, 0.2) is 0 Å². The zero-order valence-electron chi connectivity index (χ0n) is 9.00. The van der Waals surface area contributed by atoms with E-state index >= 15 is 0 Å². The van der Waals surface area contributed by atoms with Gasteiger partial charge in [-0.25, -0.2) is 0 Å². The van der Waals surface area contributed by atoms with Gasteiger partial charge in [0.1, 0.15) is 12.0 Å². The molecular weight excluding hydrogens is 256 g/mol. The third-order valence-electron chi connectivity index (χ3n) is 2.26. The molecular formula is C12H15BrO2. The summed E-state index contributed by atoms with van der Waals surface area (Å²) in [7, 11) is 0. The van der Waals surface area contributed by atoms with Crippen molar-refractivity contribution in [1.82, 2.24) is 0 Å². The Hall–Kier alpha value is -0.830. The number of alkyl halides is 1. The van der Waals surface area contributed by atoms with Crippen LogP contribution in [0.25, 0.3) is 0 Å². The second-order valence-corrected chi connectivity index (χ2v) is 3.91. The molecule has 1 unspecified atom stereocenters. The van der Waals surface area contributed by atoms with Crippen molar-refractivity contribution in [1.29, 1.82) is 0 Å². The van der Waals surface area contributed by atoms with Crippen molar-refractivity contribution >= 4 is 22.2 Å². The maximum absolute atomic E-state index is 10.7. The maximum Gasteiger partial charge on any atom is 0.127 e. The van der Waals surface area contributed by atoms with Crippen molar-refractivity contribution in [2.24, 2.45) is 0 Å². The molecule has 0 spiro atoms. The maximum atomic E-state index is 10.7. The van der Waals surface area contributed by atoms with Crippen molar-refractivity contribution in [3.63, 3.8) is 0 Å². The van der Waals surface area contributed by atoms with Crippen LogP contribution in [0.4, 0.5) is 0 Å². The lowest BCUT2D eigenvalue weighted by molar-refractivity contribution is -0.108. The molecule has 1 aromatic rings. The summed E-state index contributed by atoms with van der Waals surface area (Å²) in [5, 5.41) is 0.738. The predicted molar refractivity (Wildman–Crippen MR) is 64.7 cm³/mol. The van der Waals surface area contributed by atoms with E-state index in [4.69, 9.17) is 4.74 Å². The first-order valence-corrected chi connectivity index (χ1v) is 6.12. The molecule has 0 N–H and O–H groups in total. The van der Waals surface area contributed by atoms with Crippen LogP contribution >= 0.6 is 15.9 Å². The monoisotopic (exact) mass is 270 g/mol. The molecule has 1 rings (SSSR count). The van der Waals surface area contributed by atoms with Gasteiger partial charge >= 0.3 is 0 Å². The summed E-state index contributed by atoms with van der Waals surface area (Å²) in [5.41, 5.74) is 2.17. The van der Waals surface area contributed by atoms with Crippen LogP contribution < -0.4 is 4.74 Å². The number of hydrogen-bond donors (Lipinski definition) is 0. The molecule has 0 aliphatic rings. The van der Waals surface area contributed by atoms with E-state index in [-0.39, 0.29) is 5.92 Å². The average molecular weight is 271 g/mol. The lowest BCUT2D eigenvalue weighted by atomic mass is 9.97. The molecule has 0 saturated carbocycles. The number of carbonyl (C=O) groups is 1. The Morgan fingerprint density at radius 3 is 2.80 bits per heavy atom. The minimum atomic E-state index is -0.0618. The molecule has 15 heavy (non-hydrogen) atoms. The SMILES string of the molecule is CCOc1ccc(C(C)C=O)c(CBr)c1. The minimum absolute atomic E-state index is 0.0618. The van der Waals surface area contributed by atoms with Crippen molar-refractivity contribution in [2.75, 3.05) is 6.61 Å². The van der Waals surface area contributed by atoms with Crippen molar-refractivity contribution in [3.05, 3.63) is 29.3 Å². The Kier molecular flexibility index (Phi) is 4.82. The van der Waals surface area contributed by atoms with Gasteiger partial charge in [-0.3, -0.25) is 0 Å². The van der Waals surface area contributed by atoms with Crippen LogP contribution in [0.3, 0.4) is 0 Å². The normalized spacial score (nSPS) is 12.2. The van der Waals surface area contributed by atoms with Crippen molar-refractivity contribution in [2.45, 2.75) is 25.1 Å². The second-order valence-electron chi connectivity index (χ2n) is 3.35. The van der Waals surface area contributed by atoms with E-state index in [9.17, 15) is 4.79 Å². The number of aldehydes is 1. The Morgan fingerprint density at radius 2 is 2.27 bits per heavy atom. The highest BCUT2D eigenvalue weighted by molar-refractivity contribution is 9.08. The fourth-order valence-corrected chi connectivity index (χ4v) is 1.96. The Bertz CT molecular complexity index is 336. The third-order valence-corrected chi connectivity index (χ3v) is 2.87. The summed E-state index contributed by atoms with van der Waals surface area (Å²) >= 11 is 3.42. The van der Waals surface area contributed by atoms with E-state index in [1.165, 1.54) is 0 Å². The van der Waals surface area contributed by atoms with Crippen molar-refractivity contribution < 1.29 is 9.53 Å². The van der Waals surface area contributed by atoms with E-state index < -0.39 is 0 Å². The quantitative estimate of drug-likeness (QED) is 0.606. The van der Waals surface area contributed by atoms with Gasteiger partial charge < -0.3 is 9.53 Å². The van der Waals surface area contributed by atoms with E-state index in [0.717, 1.165) is 28.5 Å². The van der Waals surface area contributed by atoms with Crippen LogP contribution in [0.5, 0.6) is 5.75 Å². The molecule has 0 bridgehead atoms.